The predicted octanol–water partition coefficient (Wildman–Crippen LogP) is 0.991. The summed E-state index contributed by atoms with van der Waals surface area (Å²) in [5, 5.41) is 10.9. The van der Waals surface area contributed by atoms with Crippen LogP contribution in [0.15, 0.2) is 12.4 Å². The number of thioether (sulfide) groups is 1. The quantitative estimate of drug-likeness (QED) is 0.747. The van der Waals surface area contributed by atoms with Gasteiger partial charge in [-0.3, -0.25) is 19.2 Å². The molecule has 164 valence electrons. The van der Waals surface area contributed by atoms with Crippen molar-refractivity contribution in [2.24, 2.45) is 11.8 Å². The van der Waals surface area contributed by atoms with E-state index in [-0.39, 0.29) is 29.8 Å². The molecule has 4 aliphatic heterocycles. The third kappa shape index (κ3) is 3.98. The fraction of sp³-hybridized carbons (Fsp3) is 0.810. The topological polar surface area (TPSA) is 83.4 Å². The summed E-state index contributed by atoms with van der Waals surface area (Å²) in [6, 6.07) is 0.559. The molecule has 0 saturated carbocycles. The van der Waals surface area contributed by atoms with Crippen LogP contribution in [-0.2, 0) is 16.1 Å². The molecule has 0 spiro atoms. The lowest BCUT2D eigenvalue weighted by Gasteiger charge is -2.57. The van der Waals surface area contributed by atoms with Gasteiger partial charge in [0.15, 0.2) is 0 Å². The zero-order valence-corrected chi connectivity index (χ0v) is 18.3. The van der Waals surface area contributed by atoms with Crippen LogP contribution in [-0.4, -0.2) is 85.9 Å². The average molecular weight is 433 g/mol. The highest BCUT2D eigenvalue weighted by Crippen LogP contribution is 2.43. The number of nitrogens with zero attached hydrogens (tertiary/aromatic N) is 5. The third-order valence-electron chi connectivity index (χ3n) is 7.46. The lowest BCUT2D eigenvalue weighted by molar-refractivity contribution is -0.161. The van der Waals surface area contributed by atoms with Gasteiger partial charge in [0, 0.05) is 50.3 Å². The fourth-order valence-corrected chi connectivity index (χ4v) is 7.21. The average Bonchev–Trinajstić information content (AvgIpc) is 3.28. The Labute approximate surface area is 182 Å². The summed E-state index contributed by atoms with van der Waals surface area (Å²) in [5.74, 6) is 3.44. The van der Waals surface area contributed by atoms with Crippen LogP contribution in [0.2, 0.25) is 0 Å². The molecule has 4 aliphatic rings. The summed E-state index contributed by atoms with van der Waals surface area (Å²) in [6.07, 6.45) is 9.61. The molecule has 2 amide bonds. The van der Waals surface area contributed by atoms with Crippen molar-refractivity contribution < 1.29 is 9.59 Å². The number of piperidine rings is 3. The van der Waals surface area contributed by atoms with Gasteiger partial charge >= 0.3 is 0 Å². The van der Waals surface area contributed by atoms with Gasteiger partial charge in [0.2, 0.25) is 11.8 Å². The number of likely N-dealkylation sites (tertiary alicyclic amines) is 1. The van der Waals surface area contributed by atoms with E-state index in [1.807, 2.05) is 4.90 Å². The Balaban J connectivity index is 1.32. The van der Waals surface area contributed by atoms with Gasteiger partial charge in [-0.05, 0) is 49.5 Å². The molecule has 4 atom stereocenters. The van der Waals surface area contributed by atoms with E-state index < -0.39 is 0 Å². The van der Waals surface area contributed by atoms with Crippen LogP contribution in [0.5, 0.6) is 0 Å². The van der Waals surface area contributed by atoms with Crippen molar-refractivity contribution in [1.29, 1.82) is 0 Å². The number of fused-ring (bicyclic) bond motifs is 4. The summed E-state index contributed by atoms with van der Waals surface area (Å²) in [7, 11) is 0. The Hall–Kier alpha value is -1.61. The van der Waals surface area contributed by atoms with E-state index in [9.17, 15) is 9.59 Å². The number of amides is 2. The predicted molar refractivity (Wildman–Crippen MR) is 115 cm³/mol. The highest BCUT2D eigenvalue weighted by Gasteiger charge is 2.52. The second-order valence-corrected chi connectivity index (χ2v) is 10.4. The van der Waals surface area contributed by atoms with Crippen molar-refractivity contribution in [3.05, 3.63) is 12.4 Å². The van der Waals surface area contributed by atoms with Gasteiger partial charge in [-0.2, -0.15) is 11.8 Å². The molecule has 0 unspecified atom stereocenters. The number of aromatic nitrogens is 3. The highest BCUT2D eigenvalue weighted by molar-refractivity contribution is 7.99. The minimum absolute atomic E-state index is 0.0138. The summed E-state index contributed by atoms with van der Waals surface area (Å²) in [5.41, 5.74) is 0. The van der Waals surface area contributed by atoms with Gasteiger partial charge in [0.05, 0.1) is 12.7 Å². The maximum Gasteiger partial charge on any atom is 0.243 e. The van der Waals surface area contributed by atoms with E-state index in [4.69, 9.17) is 0 Å². The van der Waals surface area contributed by atoms with E-state index in [1.54, 1.807) is 17.1 Å². The zero-order chi connectivity index (χ0) is 20.5. The smallest absolute Gasteiger partial charge is 0.243 e. The number of nitrogens with one attached hydrogen (secondary N) is 1. The number of carbonyl (C=O) groups excluding carboxylic acids is 2. The third-order valence-corrected chi connectivity index (χ3v) is 8.51. The van der Waals surface area contributed by atoms with Crippen LogP contribution in [0.25, 0.3) is 0 Å². The Morgan fingerprint density at radius 2 is 2.03 bits per heavy atom. The molecule has 4 fully saturated rings. The molecule has 0 aromatic carbocycles. The first-order chi connectivity index (χ1) is 14.7. The second-order valence-electron chi connectivity index (χ2n) is 9.22. The molecule has 2 bridgehead atoms. The first kappa shape index (κ1) is 20.3. The summed E-state index contributed by atoms with van der Waals surface area (Å²) in [6.45, 7) is 3.14. The SMILES string of the molecule is O=C(NCCn1ccnn1)[C@H]1[C@@H]2C[C@@H](CN(C3CCSCC3)C2)[C@@H]2CCCC(=O)N21. The molecular formula is C21H32N6O2S. The van der Waals surface area contributed by atoms with Crippen molar-refractivity contribution in [1.82, 2.24) is 30.1 Å². The van der Waals surface area contributed by atoms with Crippen molar-refractivity contribution in [2.75, 3.05) is 31.1 Å². The number of hydrogen-bond donors (Lipinski definition) is 1. The lowest BCUT2D eigenvalue weighted by Crippen LogP contribution is -2.69. The van der Waals surface area contributed by atoms with Crippen LogP contribution in [0, 0.1) is 11.8 Å². The minimum Gasteiger partial charge on any atom is -0.352 e. The second kappa shape index (κ2) is 8.86. The van der Waals surface area contributed by atoms with Gasteiger partial charge in [-0.15, -0.1) is 5.10 Å². The fourth-order valence-electron chi connectivity index (χ4n) is 6.13. The molecule has 1 N–H and O–H groups in total. The molecule has 1 aromatic rings. The monoisotopic (exact) mass is 432 g/mol. The number of carbonyl (C=O) groups is 2. The van der Waals surface area contributed by atoms with Crippen LogP contribution in [0.3, 0.4) is 0 Å². The van der Waals surface area contributed by atoms with E-state index in [2.05, 4.69) is 32.3 Å². The maximum absolute atomic E-state index is 13.3. The first-order valence-electron chi connectivity index (χ1n) is 11.5. The van der Waals surface area contributed by atoms with E-state index in [1.165, 1.54) is 24.3 Å². The van der Waals surface area contributed by atoms with Gasteiger partial charge < -0.3 is 10.2 Å². The largest absolute Gasteiger partial charge is 0.352 e. The van der Waals surface area contributed by atoms with Crippen molar-refractivity contribution in [2.45, 2.75) is 63.2 Å². The molecule has 30 heavy (non-hydrogen) atoms. The first-order valence-corrected chi connectivity index (χ1v) is 12.6. The van der Waals surface area contributed by atoms with E-state index >= 15 is 0 Å². The van der Waals surface area contributed by atoms with Gasteiger partial charge in [0.1, 0.15) is 6.04 Å². The molecule has 4 saturated heterocycles. The summed E-state index contributed by atoms with van der Waals surface area (Å²) in [4.78, 5) is 30.9. The zero-order valence-electron chi connectivity index (χ0n) is 17.5. The highest BCUT2D eigenvalue weighted by atomic mass is 32.2. The van der Waals surface area contributed by atoms with Crippen molar-refractivity contribution in [3.63, 3.8) is 0 Å². The standard InChI is InChI=1S/C21H32N6O2S/c28-19-3-1-2-18-15-12-16(14-25(13-15)17-4-10-30-11-5-17)20(27(18)19)21(29)22-6-8-26-9-7-23-24-26/h7,9,15-18,20H,1-6,8,10-14H2,(H,22,29)/t15-,16+,18-,20+/m0/s1. The summed E-state index contributed by atoms with van der Waals surface area (Å²) < 4.78 is 1.72. The Bertz CT molecular complexity index is 753. The molecule has 1 aromatic heterocycles. The Kier molecular flexibility index (Phi) is 6.00. The van der Waals surface area contributed by atoms with Gasteiger partial charge in [-0.25, -0.2) is 0 Å². The lowest BCUT2D eigenvalue weighted by atomic mass is 9.71. The number of hydrogen-bond acceptors (Lipinski definition) is 6. The minimum atomic E-state index is -0.324. The number of rotatable bonds is 5. The molecule has 8 nitrogen and oxygen atoms in total. The molecule has 5 heterocycles. The normalized spacial score (nSPS) is 32.7. The van der Waals surface area contributed by atoms with Crippen LogP contribution in [0.1, 0.15) is 38.5 Å². The van der Waals surface area contributed by atoms with Crippen molar-refractivity contribution in [3.8, 4) is 0 Å². The van der Waals surface area contributed by atoms with E-state index in [0.29, 0.717) is 31.5 Å². The van der Waals surface area contributed by atoms with Crippen molar-refractivity contribution >= 4 is 23.6 Å². The van der Waals surface area contributed by atoms with Gasteiger partial charge in [0.25, 0.3) is 0 Å². The maximum atomic E-state index is 13.3. The van der Waals surface area contributed by atoms with Crippen LogP contribution < -0.4 is 5.32 Å². The molecule has 5 rings (SSSR count). The van der Waals surface area contributed by atoms with E-state index in [0.717, 1.165) is 32.4 Å². The molecule has 0 radical (unpaired) electrons. The molecule has 0 aliphatic carbocycles. The molecular weight excluding hydrogens is 400 g/mol. The summed E-state index contributed by atoms with van der Waals surface area (Å²) >= 11 is 2.06. The Morgan fingerprint density at radius 1 is 1.20 bits per heavy atom. The van der Waals surface area contributed by atoms with Crippen LogP contribution in [0.4, 0.5) is 0 Å². The molecule has 9 heteroatoms. The van der Waals surface area contributed by atoms with Gasteiger partial charge in [-0.1, -0.05) is 5.21 Å². The van der Waals surface area contributed by atoms with Crippen LogP contribution >= 0.6 is 11.8 Å². The Morgan fingerprint density at radius 3 is 2.83 bits per heavy atom.